The first-order valence-electron chi connectivity index (χ1n) is 7.37. The highest BCUT2D eigenvalue weighted by Gasteiger charge is 2.33. The van der Waals surface area contributed by atoms with E-state index in [0.717, 1.165) is 23.9 Å². The Morgan fingerprint density at radius 3 is 2.70 bits per heavy atom. The fourth-order valence-corrected chi connectivity index (χ4v) is 3.68. The van der Waals surface area contributed by atoms with Crippen LogP contribution >= 0.6 is 12.2 Å². The van der Waals surface area contributed by atoms with E-state index in [1.807, 2.05) is 24.3 Å². The third-order valence-corrected chi connectivity index (χ3v) is 5.12. The van der Waals surface area contributed by atoms with E-state index in [2.05, 4.69) is 11.9 Å². The summed E-state index contributed by atoms with van der Waals surface area (Å²) in [5.41, 5.74) is 1.13. The molecule has 106 valence electrons. The van der Waals surface area contributed by atoms with E-state index >= 15 is 0 Å². The first-order chi connectivity index (χ1) is 9.65. The van der Waals surface area contributed by atoms with Crippen molar-refractivity contribution in [2.24, 2.45) is 5.41 Å². The highest BCUT2D eigenvalue weighted by atomic mass is 32.1. The third kappa shape index (κ3) is 2.22. The van der Waals surface area contributed by atoms with Crippen molar-refractivity contribution in [3.63, 3.8) is 0 Å². The highest BCUT2D eigenvalue weighted by molar-refractivity contribution is 7.71. The Morgan fingerprint density at radius 2 is 2.00 bits per heavy atom. The quantitative estimate of drug-likeness (QED) is 0.866. The number of nitrogens with one attached hydrogen (secondary N) is 1. The van der Waals surface area contributed by atoms with Gasteiger partial charge in [-0.05, 0) is 49.0 Å². The lowest BCUT2D eigenvalue weighted by Gasteiger charge is -2.28. The van der Waals surface area contributed by atoms with Gasteiger partial charge in [0.15, 0.2) is 4.77 Å². The van der Waals surface area contributed by atoms with E-state index in [9.17, 15) is 4.79 Å². The molecule has 1 saturated carbocycles. The summed E-state index contributed by atoms with van der Waals surface area (Å²) in [6.07, 6.45) is 6.06. The molecule has 0 radical (unpaired) electrons. The molecule has 1 aliphatic rings. The first-order valence-corrected chi connectivity index (χ1v) is 7.78. The van der Waals surface area contributed by atoms with E-state index in [1.165, 1.54) is 25.7 Å². The number of aromatic nitrogens is 2. The van der Waals surface area contributed by atoms with Crippen LogP contribution in [-0.2, 0) is 6.54 Å². The zero-order valence-electron chi connectivity index (χ0n) is 11.8. The van der Waals surface area contributed by atoms with Crippen molar-refractivity contribution in [2.45, 2.75) is 45.6 Å². The SMILES string of the molecule is CCC1(Cn2c(=S)[nH]c3ccccc3c2=O)CCCC1. The molecule has 0 saturated heterocycles. The van der Waals surface area contributed by atoms with Crippen molar-refractivity contribution in [1.29, 1.82) is 0 Å². The van der Waals surface area contributed by atoms with Crippen molar-refractivity contribution < 1.29 is 0 Å². The van der Waals surface area contributed by atoms with Gasteiger partial charge in [-0.3, -0.25) is 9.36 Å². The molecule has 1 aromatic carbocycles. The molecule has 1 aliphatic carbocycles. The van der Waals surface area contributed by atoms with Crippen LogP contribution < -0.4 is 5.56 Å². The molecular formula is C16H20N2OS. The standard InChI is InChI=1S/C16H20N2OS/c1-2-16(9-5-6-10-16)11-18-14(19)12-7-3-4-8-13(12)17-15(18)20/h3-4,7-8H,2,5-6,9-11H2,1H3,(H,17,20). The summed E-state index contributed by atoms with van der Waals surface area (Å²) in [4.78, 5) is 15.9. The Kier molecular flexibility index (Phi) is 3.50. The summed E-state index contributed by atoms with van der Waals surface area (Å²) in [5.74, 6) is 0. The smallest absolute Gasteiger partial charge is 0.262 e. The van der Waals surface area contributed by atoms with Gasteiger partial charge >= 0.3 is 0 Å². The molecule has 1 heterocycles. The van der Waals surface area contributed by atoms with Gasteiger partial charge in [0.2, 0.25) is 0 Å². The van der Waals surface area contributed by atoms with Gasteiger partial charge in [-0.1, -0.05) is 31.9 Å². The van der Waals surface area contributed by atoms with Gasteiger partial charge in [0.25, 0.3) is 5.56 Å². The number of aromatic amines is 1. The molecule has 3 rings (SSSR count). The van der Waals surface area contributed by atoms with Crippen molar-refractivity contribution in [3.05, 3.63) is 39.4 Å². The lowest BCUT2D eigenvalue weighted by molar-refractivity contribution is 0.232. The zero-order chi connectivity index (χ0) is 14.2. The molecule has 0 atom stereocenters. The number of fused-ring (bicyclic) bond motifs is 1. The summed E-state index contributed by atoms with van der Waals surface area (Å²) in [6, 6.07) is 7.59. The monoisotopic (exact) mass is 288 g/mol. The number of para-hydroxylation sites is 1. The minimum absolute atomic E-state index is 0.0454. The fraction of sp³-hybridized carbons (Fsp3) is 0.500. The van der Waals surface area contributed by atoms with Crippen LogP contribution in [-0.4, -0.2) is 9.55 Å². The van der Waals surface area contributed by atoms with E-state index in [4.69, 9.17) is 12.2 Å². The predicted octanol–water partition coefficient (Wildman–Crippen LogP) is 4.03. The Morgan fingerprint density at radius 1 is 1.30 bits per heavy atom. The molecule has 1 N–H and O–H groups in total. The molecule has 20 heavy (non-hydrogen) atoms. The van der Waals surface area contributed by atoms with Crippen LogP contribution in [0.4, 0.5) is 0 Å². The predicted molar refractivity (Wildman–Crippen MR) is 84.6 cm³/mol. The Labute approximate surface area is 123 Å². The van der Waals surface area contributed by atoms with Crippen LogP contribution in [0, 0.1) is 10.2 Å². The van der Waals surface area contributed by atoms with Gasteiger partial charge in [-0.15, -0.1) is 0 Å². The molecule has 4 heteroatoms. The van der Waals surface area contributed by atoms with Crippen LogP contribution in [0.1, 0.15) is 39.0 Å². The van der Waals surface area contributed by atoms with Crippen molar-refractivity contribution in [3.8, 4) is 0 Å². The lowest BCUT2D eigenvalue weighted by atomic mass is 9.83. The van der Waals surface area contributed by atoms with Gasteiger partial charge < -0.3 is 4.98 Å². The Bertz CT molecular complexity index is 738. The minimum Gasteiger partial charge on any atom is -0.332 e. The summed E-state index contributed by atoms with van der Waals surface area (Å²) in [6.45, 7) is 2.98. The van der Waals surface area contributed by atoms with E-state index in [-0.39, 0.29) is 11.0 Å². The average molecular weight is 288 g/mol. The van der Waals surface area contributed by atoms with Gasteiger partial charge in [0, 0.05) is 6.54 Å². The normalized spacial score (nSPS) is 17.6. The third-order valence-electron chi connectivity index (χ3n) is 4.80. The molecule has 0 amide bonds. The van der Waals surface area contributed by atoms with Gasteiger partial charge in [-0.25, -0.2) is 0 Å². The van der Waals surface area contributed by atoms with Crippen molar-refractivity contribution in [2.75, 3.05) is 0 Å². The number of H-pyrrole nitrogens is 1. The van der Waals surface area contributed by atoms with Gasteiger partial charge in [0.05, 0.1) is 10.9 Å². The van der Waals surface area contributed by atoms with Gasteiger partial charge in [0.1, 0.15) is 0 Å². The first kappa shape index (κ1) is 13.6. The maximum Gasteiger partial charge on any atom is 0.262 e. The average Bonchev–Trinajstić information content (AvgIpc) is 2.93. The molecule has 0 bridgehead atoms. The molecule has 1 fully saturated rings. The Hall–Kier alpha value is -1.42. The second-order valence-electron chi connectivity index (χ2n) is 5.93. The van der Waals surface area contributed by atoms with Crippen LogP contribution in [0.5, 0.6) is 0 Å². The number of rotatable bonds is 3. The summed E-state index contributed by atoms with van der Waals surface area (Å²) < 4.78 is 2.32. The summed E-state index contributed by atoms with van der Waals surface area (Å²) >= 11 is 5.41. The Balaban J connectivity index is 2.12. The van der Waals surface area contributed by atoms with Crippen LogP contribution in [0.15, 0.2) is 29.1 Å². The molecule has 1 aromatic heterocycles. The summed E-state index contributed by atoms with van der Waals surface area (Å²) in [7, 11) is 0. The fourth-order valence-electron chi connectivity index (χ4n) is 3.43. The molecule has 0 unspecified atom stereocenters. The van der Waals surface area contributed by atoms with Crippen LogP contribution in [0.2, 0.25) is 0 Å². The number of hydrogen-bond donors (Lipinski definition) is 1. The van der Waals surface area contributed by atoms with E-state index in [1.54, 1.807) is 4.57 Å². The van der Waals surface area contributed by atoms with Gasteiger partial charge in [-0.2, -0.15) is 0 Å². The van der Waals surface area contributed by atoms with E-state index < -0.39 is 0 Å². The second kappa shape index (κ2) is 5.17. The van der Waals surface area contributed by atoms with Crippen LogP contribution in [0.3, 0.4) is 0 Å². The van der Waals surface area contributed by atoms with E-state index in [0.29, 0.717) is 4.77 Å². The molecular weight excluding hydrogens is 268 g/mol. The molecule has 0 spiro atoms. The molecule has 0 aliphatic heterocycles. The largest absolute Gasteiger partial charge is 0.332 e. The molecule has 3 nitrogen and oxygen atoms in total. The maximum atomic E-state index is 12.7. The number of hydrogen-bond acceptors (Lipinski definition) is 2. The van der Waals surface area contributed by atoms with Crippen molar-refractivity contribution >= 4 is 23.1 Å². The number of benzene rings is 1. The molecule has 2 aromatic rings. The van der Waals surface area contributed by atoms with Crippen LogP contribution in [0.25, 0.3) is 10.9 Å². The zero-order valence-corrected chi connectivity index (χ0v) is 12.6. The number of nitrogens with zero attached hydrogens (tertiary/aromatic N) is 1. The maximum absolute atomic E-state index is 12.7. The van der Waals surface area contributed by atoms with Crippen molar-refractivity contribution in [1.82, 2.24) is 9.55 Å². The highest BCUT2D eigenvalue weighted by Crippen LogP contribution is 2.42. The minimum atomic E-state index is 0.0454. The summed E-state index contributed by atoms with van der Waals surface area (Å²) in [5, 5.41) is 0.727. The topological polar surface area (TPSA) is 37.8 Å². The lowest BCUT2D eigenvalue weighted by Crippen LogP contribution is -2.31. The second-order valence-corrected chi connectivity index (χ2v) is 6.31.